The van der Waals surface area contributed by atoms with E-state index in [4.69, 9.17) is 4.74 Å². The van der Waals surface area contributed by atoms with E-state index in [0.717, 1.165) is 5.56 Å². The summed E-state index contributed by atoms with van der Waals surface area (Å²) in [4.78, 5) is 41.9. The van der Waals surface area contributed by atoms with Crippen LogP contribution in [-0.4, -0.2) is 77.7 Å². The monoisotopic (exact) mass is 510 g/mol. The van der Waals surface area contributed by atoms with E-state index < -0.39 is 12.1 Å². The summed E-state index contributed by atoms with van der Waals surface area (Å²) in [6.07, 6.45) is -0.192. The normalized spacial score (nSPS) is 18.2. The van der Waals surface area contributed by atoms with E-state index in [9.17, 15) is 19.5 Å². The number of nitrogens with zero attached hydrogens (tertiary/aromatic N) is 2. The highest BCUT2D eigenvalue weighted by Crippen LogP contribution is 2.30. The number of ether oxygens (including phenoxy) is 1. The molecule has 1 heterocycles. The standard InChI is InChI=1S/C28H38N4O5/c1-18(2)29-28(36)31(5)16-25-19(3)15-32(20(4)17-33)27(35)23-14-22(11-12-24(23)37-25)30-26(34)13-21-9-7-6-8-10-21/h6-12,14,18-20,25,33H,13,15-17H2,1-5H3,(H,29,36)(H,30,34)/t19-,20+,25+/m1/s1. The minimum absolute atomic E-state index is 0.000362. The van der Waals surface area contributed by atoms with Crippen molar-refractivity contribution in [3.63, 3.8) is 0 Å². The number of carbonyl (C=O) groups excluding carboxylic acids is 3. The lowest BCUT2D eigenvalue weighted by molar-refractivity contribution is -0.115. The van der Waals surface area contributed by atoms with Crippen molar-refractivity contribution in [2.24, 2.45) is 5.92 Å². The SMILES string of the molecule is CC(C)NC(=O)N(C)C[C@@H]1Oc2ccc(NC(=O)Cc3ccccc3)cc2C(=O)N([C@@H](C)CO)C[C@H]1C. The molecule has 4 amide bonds. The van der Waals surface area contributed by atoms with Crippen LogP contribution >= 0.6 is 0 Å². The Bertz CT molecular complexity index is 1090. The molecule has 3 N–H and O–H groups in total. The predicted octanol–water partition coefficient (Wildman–Crippen LogP) is 3.14. The van der Waals surface area contributed by atoms with E-state index >= 15 is 0 Å². The summed E-state index contributed by atoms with van der Waals surface area (Å²) < 4.78 is 6.32. The number of aliphatic hydroxyl groups excluding tert-OH is 1. The molecule has 9 heteroatoms. The van der Waals surface area contributed by atoms with E-state index in [0.29, 0.717) is 30.1 Å². The van der Waals surface area contributed by atoms with Crippen LogP contribution in [0.2, 0.25) is 0 Å². The number of rotatable bonds is 8. The van der Waals surface area contributed by atoms with Crippen LogP contribution in [0, 0.1) is 5.92 Å². The van der Waals surface area contributed by atoms with Crippen molar-refractivity contribution in [3.8, 4) is 5.75 Å². The molecule has 3 atom stereocenters. The molecular weight excluding hydrogens is 472 g/mol. The largest absolute Gasteiger partial charge is 0.487 e. The molecule has 0 fully saturated rings. The zero-order valence-corrected chi connectivity index (χ0v) is 22.2. The van der Waals surface area contributed by atoms with Crippen molar-refractivity contribution in [3.05, 3.63) is 59.7 Å². The highest BCUT2D eigenvalue weighted by molar-refractivity contribution is 6.00. The zero-order valence-electron chi connectivity index (χ0n) is 22.2. The van der Waals surface area contributed by atoms with E-state index in [1.165, 1.54) is 0 Å². The Hall–Kier alpha value is -3.59. The number of hydrogen-bond donors (Lipinski definition) is 3. The van der Waals surface area contributed by atoms with Crippen LogP contribution < -0.4 is 15.4 Å². The molecule has 0 aliphatic carbocycles. The van der Waals surface area contributed by atoms with Gasteiger partial charge in [-0.25, -0.2) is 4.79 Å². The van der Waals surface area contributed by atoms with Crippen molar-refractivity contribution >= 4 is 23.5 Å². The maximum Gasteiger partial charge on any atom is 0.317 e. The van der Waals surface area contributed by atoms with Gasteiger partial charge in [-0.05, 0) is 44.5 Å². The molecule has 0 saturated carbocycles. The molecule has 0 spiro atoms. The Morgan fingerprint density at radius 1 is 1.16 bits per heavy atom. The number of carbonyl (C=O) groups is 3. The van der Waals surface area contributed by atoms with Crippen LogP contribution in [0.15, 0.2) is 48.5 Å². The van der Waals surface area contributed by atoms with Crippen LogP contribution in [0.25, 0.3) is 0 Å². The Morgan fingerprint density at radius 2 is 1.86 bits per heavy atom. The smallest absolute Gasteiger partial charge is 0.317 e. The minimum atomic E-state index is -0.417. The minimum Gasteiger partial charge on any atom is -0.487 e. The Labute approximate surface area is 218 Å². The first-order valence-corrected chi connectivity index (χ1v) is 12.7. The quantitative estimate of drug-likeness (QED) is 0.505. The van der Waals surface area contributed by atoms with Crippen molar-refractivity contribution in [2.75, 3.05) is 32.1 Å². The van der Waals surface area contributed by atoms with Gasteiger partial charge in [-0.1, -0.05) is 37.3 Å². The maximum absolute atomic E-state index is 13.6. The molecule has 3 rings (SSSR count). The average Bonchev–Trinajstić information content (AvgIpc) is 2.86. The molecule has 0 radical (unpaired) electrons. The lowest BCUT2D eigenvalue weighted by Gasteiger charge is -2.38. The molecule has 1 aliphatic heterocycles. The van der Waals surface area contributed by atoms with Crippen LogP contribution in [0.1, 0.15) is 43.6 Å². The van der Waals surface area contributed by atoms with Crippen LogP contribution in [0.3, 0.4) is 0 Å². The molecule has 0 unspecified atom stereocenters. The lowest BCUT2D eigenvalue weighted by atomic mass is 9.99. The summed E-state index contributed by atoms with van der Waals surface area (Å²) in [6.45, 7) is 8.00. The maximum atomic E-state index is 13.6. The number of nitrogens with one attached hydrogen (secondary N) is 2. The molecular formula is C28H38N4O5. The fourth-order valence-corrected chi connectivity index (χ4v) is 4.21. The summed E-state index contributed by atoms with van der Waals surface area (Å²) in [7, 11) is 1.71. The summed E-state index contributed by atoms with van der Waals surface area (Å²) in [5.41, 5.74) is 1.66. The number of amides is 4. The number of aliphatic hydroxyl groups is 1. The second-order valence-corrected chi connectivity index (χ2v) is 10.0. The predicted molar refractivity (Wildman–Crippen MR) is 143 cm³/mol. The van der Waals surface area contributed by atoms with Crippen molar-refractivity contribution in [1.82, 2.24) is 15.1 Å². The second kappa shape index (κ2) is 12.6. The number of anilines is 1. The zero-order chi connectivity index (χ0) is 27.1. The lowest BCUT2D eigenvalue weighted by Crippen LogP contribution is -2.51. The number of hydrogen-bond acceptors (Lipinski definition) is 5. The van der Waals surface area contributed by atoms with Crippen molar-refractivity contribution < 1.29 is 24.2 Å². The number of urea groups is 1. The van der Waals surface area contributed by atoms with E-state index in [1.807, 2.05) is 51.1 Å². The van der Waals surface area contributed by atoms with Gasteiger partial charge in [0.15, 0.2) is 0 Å². The summed E-state index contributed by atoms with van der Waals surface area (Å²) >= 11 is 0. The number of benzene rings is 2. The Balaban J connectivity index is 1.87. The topological polar surface area (TPSA) is 111 Å². The van der Waals surface area contributed by atoms with Crippen molar-refractivity contribution in [2.45, 2.75) is 52.3 Å². The van der Waals surface area contributed by atoms with Gasteiger partial charge in [-0.15, -0.1) is 0 Å². The number of likely N-dealkylation sites (N-methyl/N-ethyl adjacent to an activating group) is 1. The molecule has 0 bridgehead atoms. The first-order chi connectivity index (χ1) is 17.6. The molecule has 9 nitrogen and oxygen atoms in total. The average molecular weight is 511 g/mol. The van der Waals surface area contributed by atoms with Crippen molar-refractivity contribution in [1.29, 1.82) is 0 Å². The molecule has 0 aromatic heterocycles. The van der Waals surface area contributed by atoms with Gasteiger partial charge in [0.05, 0.1) is 31.2 Å². The third-order valence-electron chi connectivity index (χ3n) is 6.37. The van der Waals surface area contributed by atoms with Gasteiger partial charge in [0.2, 0.25) is 5.91 Å². The third kappa shape index (κ3) is 7.45. The van der Waals surface area contributed by atoms with E-state index in [-0.39, 0.29) is 42.8 Å². The summed E-state index contributed by atoms with van der Waals surface area (Å²) in [6, 6.07) is 13.8. The third-order valence-corrected chi connectivity index (χ3v) is 6.37. The second-order valence-electron chi connectivity index (χ2n) is 10.0. The van der Waals surface area contributed by atoms with Gasteiger partial charge in [-0.3, -0.25) is 9.59 Å². The fraction of sp³-hybridized carbons (Fsp3) is 0.464. The Kier molecular flexibility index (Phi) is 9.52. The van der Waals surface area contributed by atoms with Crippen LogP contribution in [-0.2, 0) is 11.2 Å². The first kappa shape index (κ1) is 28.0. The molecule has 2 aromatic rings. The van der Waals surface area contributed by atoms with Gasteiger partial charge in [0.25, 0.3) is 5.91 Å². The molecule has 0 saturated heterocycles. The van der Waals surface area contributed by atoms with Crippen LogP contribution in [0.5, 0.6) is 5.75 Å². The summed E-state index contributed by atoms with van der Waals surface area (Å²) in [5, 5.41) is 15.6. The van der Waals surface area contributed by atoms with Crippen LogP contribution in [0.4, 0.5) is 10.5 Å². The van der Waals surface area contributed by atoms with Gasteiger partial charge < -0.3 is 30.3 Å². The molecule has 200 valence electrons. The molecule has 37 heavy (non-hydrogen) atoms. The van der Waals surface area contributed by atoms with E-state index in [2.05, 4.69) is 10.6 Å². The van der Waals surface area contributed by atoms with Gasteiger partial charge in [0, 0.05) is 31.2 Å². The first-order valence-electron chi connectivity index (χ1n) is 12.7. The molecule has 2 aromatic carbocycles. The Morgan fingerprint density at radius 3 is 2.51 bits per heavy atom. The van der Waals surface area contributed by atoms with Gasteiger partial charge >= 0.3 is 6.03 Å². The van der Waals surface area contributed by atoms with E-state index in [1.54, 1.807) is 42.0 Å². The van der Waals surface area contributed by atoms with Gasteiger partial charge in [0.1, 0.15) is 11.9 Å². The molecule has 1 aliphatic rings. The number of fused-ring (bicyclic) bond motifs is 1. The highest BCUT2D eigenvalue weighted by atomic mass is 16.5. The highest BCUT2D eigenvalue weighted by Gasteiger charge is 2.34. The summed E-state index contributed by atoms with van der Waals surface area (Å²) in [5.74, 6) is -0.233. The fourth-order valence-electron chi connectivity index (χ4n) is 4.21. The van der Waals surface area contributed by atoms with Gasteiger partial charge in [-0.2, -0.15) is 0 Å².